The summed E-state index contributed by atoms with van der Waals surface area (Å²) in [4.78, 5) is 19.7. The molecule has 5 heteroatoms. The van der Waals surface area contributed by atoms with E-state index in [-0.39, 0.29) is 17.6 Å². The average Bonchev–Trinajstić information content (AvgIpc) is 3.33. The first kappa shape index (κ1) is 20.4. The second kappa shape index (κ2) is 8.23. The highest BCUT2D eigenvalue weighted by Crippen LogP contribution is 2.32. The van der Waals surface area contributed by atoms with Crippen molar-refractivity contribution >= 4 is 16.9 Å². The number of rotatable bonds is 5. The molecule has 4 nitrogen and oxygen atoms in total. The molecule has 1 atom stereocenters. The minimum Gasteiger partial charge on any atom is -0.338 e. The fourth-order valence-corrected chi connectivity index (χ4v) is 4.62. The molecule has 0 unspecified atom stereocenters. The van der Waals surface area contributed by atoms with Crippen molar-refractivity contribution in [2.24, 2.45) is 0 Å². The van der Waals surface area contributed by atoms with Gasteiger partial charge in [0, 0.05) is 32.0 Å². The second-order valence-electron chi connectivity index (χ2n) is 8.78. The first-order valence-corrected chi connectivity index (χ1v) is 11.0. The number of hydrogen-bond donors (Lipinski definition) is 0. The van der Waals surface area contributed by atoms with Gasteiger partial charge in [0.2, 0.25) is 5.91 Å². The lowest BCUT2D eigenvalue weighted by molar-refractivity contribution is -0.128. The number of amides is 1. The van der Waals surface area contributed by atoms with Crippen LogP contribution >= 0.6 is 0 Å². The smallest absolute Gasteiger partial charge is 0.223 e. The fourth-order valence-electron chi connectivity index (χ4n) is 4.62. The Balaban J connectivity index is 1.47. The van der Waals surface area contributed by atoms with E-state index < -0.39 is 0 Å². The number of imidazole rings is 1. The summed E-state index contributed by atoms with van der Waals surface area (Å²) in [7, 11) is 0. The zero-order valence-electron chi connectivity index (χ0n) is 18.4. The number of carbonyl (C=O) groups is 1. The molecule has 2 heterocycles. The number of aromatic nitrogens is 2. The van der Waals surface area contributed by atoms with Crippen LogP contribution in [-0.4, -0.2) is 26.9 Å². The van der Waals surface area contributed by atoms with E-state index in [0.717, 1.165) is 29.0 Å². The molecule has 1 aliphatic rings. The van der Waals surface area contributed by atoms with Crippen molar-refractivity contribution in [3.63, 3.8) is 0 Å². The number of fused-ring (bicyclic) bond motifs is 1. The minimum atomic E-state index is -0.264. The number of para-hydroxylation sites is 2. The van der Waals surface area contributed by atoms with Crippen LogP contribution in [0.25, 0.3) is 11.0 Å². The van der Waals surface area contributed by atoms with Crippen LogP contribution in [0, 0.1) is 19.7 Å². The van der Waals surface area contributed by atoms with E-state index in [1.807, 2.05) is 23.1 Å². The van der Waals surface area contributed by atoms with Gasteiger partial charge in [-0.25, -0.2) is 9.37 Å². The van der Waals surface area contributed by atoms with Crippen molar-refractivity contribution in [1.29, 1.82) is 0 Å². The van der Waals surface area contributed by atoms with Crippen LogP contribution in [0.3, 0.4) is 0 Å². The maximum atomic E-state index is 13.2. The van der Waals surface area contributed by atoms with Gasteiger partial charge in [-0.05, 0) is 54.8 Å². The molecule has 1 aliphatic heterocycles. The van der Waals surface area contributed by atoms with Crippen molar-refractivity contribution < 1.29 is 9.18 Å². The molecular weight excluding hydrogens is 401 g/mol. The van der Waals surface area contributed by atoms with E-state index in [0.29, 0.717) is 19.5 Å². The summed E-state index contributed by atoms with van der Waals surface area (Å²) >= 11 is 0. The van der Waals surface area contributed by atoms with E-state index >= 15 is 0 Å². The quantitative estimate of drug-likeness (QED) is 0.430. The number of halogens is 1. The van der Waals surface area contributed by atoms with Crippen LogP contribution in [0.2, 0.25) is 0 Å². The molecule has 32 heavy (non-hydrogen) atoms. The third kappa shape index (κ3) is 3.91. The van der Waals surface area contributed by atoms with Crippen molar-refractivity contribution in [2.75, 3.05) is 6.54 Å². The summed E-state index contributed by atoms with van der Waals surface area (Å²) in [6.07, 6.45) is 0.442. The van der Waals surface area contributed by atoms with Gasteiger partial charge in [0.15, 0.2) is 0 Å². The Morgan fingerprint density at radius 3 is 2.59 bits per heavy atom. The number of carbonyl (C=O) groups excluding carboxylic acids is 1. The highest BCUT2D eigenvalue weighted by molar-refractivity contribution is 5.81. The zero-order valence-corrected chi connectivity index (χ0v) is 18.4. The van der Waals surface area contributed by atoms with Gasteiger partial charge in [-0.3, -0.25) is 4.79 Å². The predicted octanol–water partition coefficient (Wildman–Crippen LogP) is 5.36. The summed E-state index contributed by atoms with van der Waals surface area (Å²) in [5, 5.41) is 0. The summed E-state index contributed by atoms with van der Waals surface area (Å²) in [6, 6.07) is 21.1. The maximum absolute atomic E-state index is 13.2. The van der Waals surface area contributed by atoms with Gasteiger partial charge in [0.05, 0.1) is 11.0 Å². The Bertz CT molecular complexity index is 1290. The van der Waals surface area contributed by atoms with Gasteiger partial charge in [0.1, 0.15) is 11.6 Å². The van der Waals surface area contributed by atoms with Gasteiger partial charge in [-0.1, -0.05) is 48.0 Å². The molecule has 1 aromatic heterocycles. The topological polar surface area (TPSA) is 38.1 Å². The Morgan fingerprint density at radius 2 is 1.78 bits per heavy atom. The highest BCUT2D eigenvalue weighted by atomic mass is 19.1. The van der Waals surface area contributed by atoms with E-state index in [1.54, 1.807) is 12.1 Å². The van der Waals surface area contributed by atoms with Crippen LogP contribution in [0.1, 0.15) is 40.4 Å². The zero-order chi connectivity index (χ0) is 22.2. The Hall–Kier alpha value is -3.47. The number of aryl methyl sites for hydroxylation is 2. The third-order valence-corrected chi connectivity index (χ3v) is 6.38. The lowest BCUT2D eigenvalue weighted by Crippen LogP contribution is -2.24. The van der Waals surface area contributed by atoms with E-state index in [1.165, 1.54) is 28.8 Å². The maximum Gasteiger partial charge on any atom is 0.223 e. The Kier molecular flexibility index (Phi) is 5.25. The lowest BCUT2D eigenvalue weighted by Gasteiger charge is -2.18. The third-order valence-electron chi connectivity index (χ3n) is 6.38. The van der Waals surface area contributed by atoms with Gasteiger partial charge < -0.3 is 9.47 Å². The van der Waals surface area contributed by atoms with Crippen molar-refractivity contribution in [3.8, 4) is 0 Å². The molecule has 1 saturated heterocycles. The lowest BCUT2D eigenvalue weighted by atomic mass is 10.0. The number of hydrogen-bond acceptors (Lipinski definition) is 2. The molecule has 4 aromatic rings. The predicted molar refractivity (Wildman–Crippen MR) is 124 cm³/mol. The molecule has 0 spiro atoms. The van der Waals surface area contributed by atoms with Gasteiger partial charge in [0.25, 0.3) is 0 Å². The summed E-state index contributed by atoms with van der Waals surface area (Å²) in [5.74, 6) is 0.840. The van der Waals surface area contributed by atoms with Crippen molar-refractivity contribution in [2.45, 2.75) is 39.3 Å². The first-order chi connectivity index (χ1) is 15.5. The van der Waals surface area contributed by atoms with E-state index in [2.05, 4.69) is 42.7 Å². The molecule has 0 N–H and O–H groups in total. The monoisotopic (exact) mass is 427 g/mol. The van der Waals surface area contributed by atoms with Gasteiger partial charge in [-0.15, -0.1) is 0 Å². The molecule has 0 saturated carbocycles. The number of likely N-dealkylation sites (tertiary alicyclic amines) is 1. The summed E-state index contributed by atoms with van der Waals surface area (Å²) < 4.78 is 15.5. The highest BCUT2D eigenvalue weighted by Gasteiger charge is 2.34. The molecule has 3 aromatic carbocycles. The molecule has 5 rings (SSSR count). The molecular formula is C27H26FN3O. The van der Waals surface area contributed by atoms with Gasteiger partial charge in [-0.2, -0.15) is 0 Å². The van der Waals surface area contributed by atoms with E-state index in [9.17, 15) is 9.18 Å². The summed E-state index contributed by atoms with van der Waals surface area (Å²) in [5.41, 5.74) is 6.73. The normalized spacial score (nSPS) is 16.3. The van der Waals surface area contributed by atoms with Crippen LogP contribution in [-0.2, 0) is 17.9 Å². The van der Waals surface area contributed by atoms with E-state index in [4.69, 9.17) is 4.98 Å². The standard InChI is InChI=1S/C27H26FN3O/c1-18-7-8-19(2)21(13-18)17-31-25-6-4-3-5-24(25)29-27(31)22-14-26(32)30(16-22)15-20-9-11-23(28)12-10-20/h3-13,22H,14-17H2,1-2H3/t22-/m0/s1. The molecule has 0 radical (unpaired) electrons. The van der Waals surface area contributed by atoms with Crippen LogP contribution < -0.4 is 0 Å². The molecule has 1 fully saturated rings. The fraction of sp³-hybridized carbons (Fsp3) is 0.259. The Morgan fingerprint density at radius 1 is 1.00 bits per heavy atom. The molecule has 0 aliphatic carbocycles. The SMILES string of the molecule is Cc1ccc(C)c(Cn2c([C@H]3CC(=O)N(Cc4ccc(F)cc4)C3)nc3ccccc32)c1. The minimum absolute atomic E-state index is 0.0282. The van der Waals surface area contributed by atoms with Crippen molar-refractivity contribution in [3.05, 3.63) is 101 Å². The number of benzene rings is 3. The summed E-state index contributed by atoms with van der Waals surface area (Å²) in [6.45, 7) is 6.08. The molecule has 1 amide bonds. The second-order valence-corrected chi connectivity index (χ2v) is 8.78. The largest absolute Gasteiger partial charge is 0.338 e. The van der Waals surface area contributed by atoms with Crippen LogP contribution in [0.4, 0.5) is 4.39 Å². The average molecular weight is 428 g/mol. The van der Waals surface area contributed by atoms with Gasteiger partial charge >= 0.3 is 0 Å². The Labute approximate surface area is 187 Å². The number of nitrogens with zero attached hydrogens (tertiary/aromatic N) is 3. The molecule has 0 bridgehead atoms. The first-order valence-electron chi connectivity index (χ1n) is 11.0. The van der Waals surface area contributed by atoms with Crippen LogP contribution in [0.15, 0.2) is 66.7 Å². The van der Waals surface area contributed by atoms with Crippen LogP contribution in [0.5, 0.6) is 0 Å². The van der Waals surface area contributed by atoms with Crippen molar-refractivity contribution in [1.82, 2.24) is 14.5 Å². The molecule has 162 valence electrons.